The minimum absolute atomic E-state index is 0. The Balaban J connectivity index is 0.00000288. The lowest BCUT2D eigenvalue weighted by Crippen LogP contribution is -2.38. The number of halogens is 1. The molecule has 0 radical (unpaired) electrons. The Morgan fingerprint density at radius 3 is 2.67 bits per heavy atom. The summed E-state index contributed by atoms with van der Waals surface area (Å²) in [6.45, 7) is 8.69. The first kappa shape index (κ1) is 20.9. The number of aliphatic imine (C=N–C) groups is 1. The first-order valence-electron chi connectivity index (χ1n) is 8.01. The van der Waals surface area contributed by atoms with Crippen LogP contribution in [0.25, 0.3) is 0 Å². The highest BCUT2D eigenvalue weighted by molar-refractivity contribution is 14.0. The molecule has 0 amide bonds. The maximum Gasteiger partial charge on any atom is 0.191 e. The van der Waals surface area contributed by atoms with Gasteiger partial charge in [0, 0.05) is 44.2 Å². The first-order valence-corrected chi connectivity index (χ1v) is 8.82. The summed E-state index contributed by atoms with van der Waals surface area (Å²) in [5.41, 5.74) is 2.36. The average molecular weight is 462 g/mol. The molecule has 2 heterocycles. The van der Waals surface area contributed by atoms with Gasteiger partial charge < -0.3 is 10.6 Å². The van der Waals surface area contributed by atoms with Crippen molar-refractivity contribution in [3.05, 3.63) is 33.5 Å². The summed E-state index contributed by atoms with van der Waals surface area (Å²) in [6.07, 6.45) is 5.76. The Hall–Kier alpha value is -1.16. The zero-order valence-corrected chi connectivity index (χ0v) is 17.9. The second-order valence-corrected chi connectivity index (χ2v) is 6.75. The van der Waals surface area contributed by atoms with Gasteiger partial charge in [-0.05, 0) is 32.8 Å². The topological polar surface area (TPSA) is 67.1 Å². The van der Waals surface area contributed by atoms with Gasteiger partial charge in [-0.1, -0.05) is 0 Å². The summed E-state index contributed by atoms with van der Waals surface area (Å²) in [4.78, 5) is 10.5. The minimum atomic E-state index is 0. The van der Waals surface area contributed by atoms with E-state index in [0.717, 1.165) is 49.1 Å². The summed E-state index contributed by atoms with van der Waals surface area (Å²) in [5, 5.41) is 12.0. The number of nitrogens with zero attached hydrogens (tertiary/aromatic N) is 4. The van der Waals surface area contributed by atoms with Crippen LogP contribution in [0.3, 0.4) is 0 Å². The summed E-state index contributed by atoms with van der Waals surface area (Å²) in [6, 6.07) is 0. The van der Waals surface area contributed by atoms with Gasteiger partial charge in [0.15, 0.2) is 5.96 Å². The third-order valence-corrected chi connectivity index (χ3v) is 4.61. The molecular formula is C16H27IN6S. The van der Waals surface area contributed by atoms with E-state index in [4.69, 9.17) is 0 Å². The molecule has 0 aliphatic rings. The highest BCUT2D eigenvalue weighted by atomic mass is 127. The smallest absolute Gasteiger partial charge is 0.191 e. The van der Waals surface area contributed by atoms with Crippen LogP contribution < -0.4 is 10.6 Å². The molecule has 0 saturated carbocycles. The number of hydrogen-bond donors (Lipinski definition) is 2. The molecule has 24 heavy (non-hydrogen) atoms. The van der Waals surface area contributed by atoms with E-state index in [1.807, 2.05) is 24.1 Å². The maximum absolute atomic E-state index is 4.62. The van der Waals surface area contributed by atoms with Crippen molar-refractivity contribution in [2.45, 2.75) is 33.6 Å². The van der Waals surface area contributed by atoms with E-state index < -0.39 is 0 Å². The Morgan fingerprint density at radius 2 is 2.08 bits per heavy atom. The van der Waals surface area contributed by atoms with Gasteiger partial charge in [0.1, 0.15) is 0 Å². The van der Waals surface area contributed by atoms with Crippen LogP contribution in [0.2, 0.25) is 0 Å². The normalized spacial score (nSPS) is 11.2. The van der Waals surface area contributed by atoms with Crippen LogP contribution in [-0.4, -0.2) is 40.4 Å². The second kappa shape index (κ2) is 10.7. The van der Waals surface area contributed by atoms with E-state index >= 15 is 0 Å². The Kier molecular flexibility index (Phi) is 9.27. The standard InChI is InChI=1S/C16H26N6S.HI/c1-5-17-16(18-8-6-14-10-20-22(4)11-14)19-9-7-15-21-12(2)13(3)23-15;/h10-11H,5-9H2,1-4H3,(H2,17,18,19);1H. The van der Waals surface area contributed by atoms with Crippen LogP contribution in [-0.2, 0) is 19.9 Å². The van der Waals surface area contributed by atoms with Crippen molar-refractivity contribution >= 4 is 41.3 Å². The number of aromatic nitrogens is 3. The molecule has 0 atom stereocenters. The van der Waals surface area contributed by atoms with E-state index in [9.17, 15) is 0 Å². The predicted octanol–water partition coefficient (Wildman–Crippen LogP) is 2.45. The lowest BCUT2D eigenvalue weighted by atomic mass is 10.2. The van der Waals surface area contributed by atoms with Gasteiger partial charge in [-0.2, -0.15) is 5.10 Å². The number of thiazole rings is 1. The fourth-order valence-electron chi connectivity index (χ4n) is 2.18. The molecule has 0 aromatic carbocycles. The Morgan fingerprint density at radius 1 is 1.29 bits per heavy atom. The van der Waals surface area contributed by atoms with Gasteiger partial charge in [-0.25, -0.2) is 4.98 Å². The fraction of sp³-hybridized carbons (Fsp3) is 0.562. The molecule has 0 bridgehead atoms. The van der Waals surface area contributed by atoms with Crippen LogP contribution in [0.5, 0.6) is 0 Å². The Labute approximate surface area is 165 Å². The van der Waals surface area contributed by atoms with Gasteiger partial charge in [-0.3, -0.25) is 9.67 Å². The molecule has 0 fully saturated rings. The van der Waals surface area contributed by atoms with Gasteiger partial charge in [0.25, 0.3) is 0 Å². The van der Waals surface area contributed by atoms with E-state index in [1.54, 1.807) is 11.3 Å². The summed E-state index contributed by atoms with van der Waals surface area (Å²) >= 11 is 1.77. The molecule has 2 aromatic rings. The third kappa shape index (κ3) is 6.76. The highest BCUT2D eigenvalue weighted by Crippen LogP contribution is 2.16. The number of rotatable bonds is 7. The molecule has 0 aliphatic heterocycles. The van der Waals surface area contributed by atoms with Gasteiger partial charge in [0.05, 0.1) is 16.9 Å². The quantitative estimate of drug-likeness (QED) is 0.377. The maximum atomic E-state index is 4.62. The molecule has 0 unspecified atom stereocenters. The number of nitrogens with one attached hydrogen (secondary N) is 2. The molecule has 8 heteroatoms. The monoisotopic (exact) mass is 462 g/mol. The molecule has 0 saturated heterocycles. The molecular weight excluding hydrogens is 435 g/mol. The lowest BCUT2D eigenvalue weighted by molar-refractivity contribution is 0.764. The zero-order chi connectivity index (χ0) is 16.7. The predicted molar refractivity (Wildman–Crippen MR) is 112 cm³/mol. The van der Waals surface area contributed by atoms with Gasteiger partial charge in [-0.15, -0.1) is 35.3 Å². The average Bonchev–Trinajstić information content (AvgIpc) is 3.05. The highest BCUT2D eigenvalue weighted by Gasteiger charge is 2.03. The largest absolute Gasteiger partial charge is 0.357 e. The van der Waals surface area contributed by atoms with Crippen LogP contribution in [0.4, 0.5) is 0 Å². The van der Waals surface area contributed by atoms with Crippen LogP contribution in [0.15, 0.2) is 17.4 Å². The Bertz CT molecular complexity index is 629. The third-order valence-electron chi connectivity index (χ3n) is 3.48. The summed E-state index contributed by atoms with van der Waals surface area (Å²) in [7, 11) is 1.94. The van der Waals surface area contributed by atoms with Gasteiger partial charge in [0.2, 0.25) is 0 Å². The van der Waals surface area contributed by atoms with Crippen LogP contribution in [0, 0.1) is 13.8 Å². The number of hydrogen-bond acceptors (Lipinski definition) is 4. The van der Waals surface area contributed by atoms with E-state index in [2.05, 4.69) is 46.5 Å². The van der Waals surface area contributed by atoms with Crippen molar-refractivity contribution in [2.24, 2.45) is 12.0 Å². The number of aryl methyl sites for hydroxylation is 3. The van der Waals surface area contributed by atoms with Crippen molar-refractivity contribution in [1.29, 1.82) is 0 Å². The molecule has 0 aliphatic carbocycles. The molecule has 2 aromatic heterocycles. The van der Waals surface area contributed by atoms with Gasteiger partial charge >= 0.3 is 0 Å². The second-order valence-electron chi connectivity index (χ2n) is 5.46. The summed E-state index contributed by atoms with van der Waals surface area (Å²) in [5.74, 6) is 0.862. The van der Waals surface area contributed by atoms with Crippen molar-refractivity contribution in [2.75, 3.05) is 19.6 Å². The SMILES string of the molecule is CCNC(=NCCc1nc(C)c(C)s1)NCCc1cnn(C)c1.I. The molecule has 0 spiro atoms. The zero-order valence-electron chi connectivity index (χ0n) is 14.8. The first-order chi connectivity index (χ1) is 11.1. The number of guanidine groups is 1. The van der Waals surface area contributed by atoms with Crippen molar-refractivity contribution < 1.29 is 0 Å². The minimum Gasteiger partial charge on any atom is -0.357 e. The van der Waals surface area contributed by atoms with Crippen LogP contribution >= 0.6 is 35.3 Å². The molecule has 2 rings (SSSR count). The lowest BCUT2D eigenvalue weighted by Gasteiger charge is -2.10. The van der Waals surface area contributed by atoms with E-state index in [1.165, 1.54) is 10.4 Å². The van der Waals surface area contributed by atoms with E-state index in [0.29, 0.717) is 0 Å². The van der Waals surface area contributed by atoms with Crippen LogP contribution in [0.1, 0.15) is 28.1 Å². The molecule has 134 valence electrons. The van der Waals surface area contributed by atoms with Crippen molar-refractivity contribution in [3.63, 3.8) is 0 Å². The van der Waals surface area contributed by atoms with Crippen molar-refractivity contribution in [3.8, 4) is 0 Å². The fourth-order valence-corrected chi connectivity index (χ4v) is 3.10. The molecule has 6 nitrogen and oxygen atoms in total. The van der Waals surface area contributed by atoms with Crippen molar-refractivity contribution in [1.82, 2.24) is 25.4 Å². The summed E-state index contributed by atoms with van der Waals surface area (Å²) < 4.78 is 1.83. The van der Waals surface area contributed by atoms with E-state index in [-0.39, 0.29) is 24.0 Å². The molecule has 2 N–H and O–H groups in total.